The molecular formula is C12H30N2. The van der Waals surface area contributed by atoms with Gasteiger partial charge in [-0.15, -0.1) is 0 Å². The van der Waals surface area contributed by atoms with Crippen molar-refractivity contribution in [2.75, 3.05) is 27.2 Å². The summed E-state index contributed by atoms with van der Waals surface area (Å²) in [6.07, 6.45) is 0. The third-order valence-corrected chi connectivity index (χ3v) is 2.57. The zero-order chi connectivity index (χ0) is 11.7. The zero-order valence-corrected chi connectivity index (χ0v) is 11.5. The van der Waals surface area contributed by atoms with Gasteiger partial charge in [0.2, 0.25) is 0 Å². The van der Waals surface area contributed by atoms with E-state index < -0.39 is 0 Å². The fourth-order valence-corrected chi connectivity index (χ4v) is 0.832. The monoisotopic (exact) mass is 202 g/mol. The first kappa shape index (κ1) is 16.4. The molecule has 0 fully saturated rings. The van der Waals surface area contributed by atoms with E-state index in [1.54, 1.807) is 0 Å². The molecule has 0 aromatic heterocycles. The summed E-state index contributed by atoms with van der Waals surface area (Å²) in [4.78, 5) is 4.75. The smallest absolute Gasteiger partial charge is 0.0109 e. The molecule has 0 aromatic carbocycles. The molecule has 0 unspecified atom stereocenters. The Balaban J connectivity index is 0. The molecule has 0 amide bonds. The van der Waals surface area contributed by atoms with Crippen molar-refractivity contribution in [1.82, 2.24) is 9.80 Å². The highest BCUT2D eigenvalue weighted by atomic mass is 15.2. The Morgan fingerprint density at radius 1 is 0.714 bits per heavy atom. The summed E-state index contributed by atoms with van der Waals surface area (Å²) >= 11 is 0. The van der Waals surface area contributed by atoms with Crippen LogP contribution in [0.15, 0.2) is 0 Å². The second kappa shape index (κ2) is 9.47. The van der Waals surface area contributed by atoms with Crippen molar-refractivity contribution in [2.24, 2.45) is 0 Å². The summed E-state index contributed by atoms with van der Waals surface area (Å²) in [5, 5.41) is 0. The molecule has 0 aromatic rings. The third-order valence-electron chi connectivity index (χ3n) is 2.57. The molecule has 0 rings (SSSR count). The van der Waals surface area contributed by atoms with E-state index in [2.05, 4.69) is 51.6 Å². The van der Waals surface area contributed by atoms with Gasteiger partial charge in [0.15, 0.2) is 0 Å². The largest absolute Gasteiger partial charge is 0.303 e. The predicted octanol–water partition coefficient (Wildman–Crippen LogP) is 2.69. The summed E-state index contributed by atoms with van der Waals surface area (Å²) in [6.45, 7) is 15.2. The second-order valence-electron chi connectivity index (χ2n) is 4.15. The molecule has 0 aliphatic heterocycles. The van der Waals surface area contributed by atoms with E-state index in [9.17, 15) is 0 Å². The number of rotatable bonds is 5. The first-order chi connectivity index (χ1) is 6.45. The number of hydrogen-bond donors (Lipinski definition) is 0. The predicted molar refractivity (Wildman–Crippen MR) is 66.9 cm³/mol. The van der Waals surface area contributed by atoms with Crippen molar-refractivity contribution in [2.45, 2.75) is 53.6 Å². The van der Waals surface area contributed by atoms with Gasteiger partial charge >= 0.3 is 0 Å². The van der Waals surface area contributed by atoms with Gasteiger partial charge in [0, 0.05) is 25.2 Å². The van der Waals surface area contributed by atoms with E-state index in [4.69, 9.17) is 0 Å². The van der Waals surface area contributed by atoms with Crippen molar-refractivity contribution >= 4 is 0 Å². The van der Waals surface area contributed by atoms with Crippen LogP contribution in [0.5, 0.6) is 0 Å². The summed E-state index contributed by atoms with van der Waals surface area (Å²) in [5.74, 6) is 0. The molecule has 0 aliphatic rings. The van der Waals surface area contributed by atoms with Gasteiger partial charge in [-0.1, -0.05) is 13.8 Å². The topological polar surface area (TPSA) is 6.48 Å². The molecule has 2 nitrogen and oxygen atoms in total. The molecule has 0 bridgehead atoms. The van der Waals surface area contributed by atoms with Crippen LogP contribution >= 0.6 is 0 Å². The van der Waals surface area contributed by atoms with Crippen LogP contribution in [0.4, 0.5) is 0 Å². The van der Waals surface area contributed by atoms with Crippen LogP contribution in [-0.2, 0) is 0 Å². The SMILES string of the molecule is CC.CC(C)N(C)CCN(C)C(C)C. The van der Waals surface area contributed by atoms with Crippen LogP contribution in [0.3, 0.4) is 0 Å². The molecule has 0 radical (unpaired) electrons. The van der Waals surface area contributed by atoms with Crippen LogP contribution in [0.25, 0.3) is 0 Å². The van der Waals surface area contributed by atoms with Gasteiger partial charge in [0.05, 0.1) is 0 Å². The Hall–Kier alpha value is -0.0800. The minimum absolute atomic E-state index is 0.658. The average Bonchev–Trinajstić information content (AvgIpc) is 2.16. The molecular weight excluding hydrogens is 172 g/mol. The lowest BCUT2D eigenvalue weighted by Crippen LogP contribution is -2.37. The molecule has 0 atom stereocenters. The van der Waals surface area contributed by atoms with Gasteiger partial charge in [-0.2, -0.15) is 0 Å². The molecule has 0 saturated heterocycles. The van der Waals surface area contributed by atoms with Gasteiger partial charge < -0.3 is 9.80 Å². The summed E-state index contributed by atoms with van der Waals surface area (Å²) in [7, 11) is 4.36. The maximum absolute atomic E-state index is 2.37. The minimum Gasteiger partial charge on any atom is -0.303 e. The van der Waals surface area contributed by atoms with Crippen LogP contribution < -0.4 is 0 Å². The van der Waals surface area contributed by atoms with E-state index in [0.717, 1.165) is 13.1 Å². The van der Waals surface area contributed by atoms with Gasteiger partial charge in [-0.3, -0.25) is 0 Å². The van der Waals surface area contributed by atoms with E-state index in [1.165, 1.54) is 0 Å². The van der Waals surface area contributed by atoms with Crippen molar-refractivity contribution < 1.29 is 0 Å². The third kappa shape index (κ3) is 8.52. The lowest BCUT2D eigenvalue weighted by atomic mass is 10.3. The standard InChI is InChI=1S/C10H24N2.C2H6/c1-9(2)11(5)7-8-12(6)10(3)4;1-2/h9-10H,7-8H2,1-6H3;1-2H3. The maximum Gasteiger partial charge on any atom is 0.0109 e. The van der Waals surface area contributed by atoms with E-state index in [1.807, 2.05) is 13.8 Å². The van der Waals surface area contributed by atoms with E-state index >= 15 is 0 Å². The molecule has 0 N–H and O–H groups in total. The molecule has 2 heteroatoms. The Bertz CT molecular complexity index is 96.9. The molecule has 88 valence electrons. The van der Waals surface area contributed by atoms with Gasteiger partial charge in [0.1, 0.15) is 0 Å². The maximum atomic E-state index is 2.37. The highest BCUT2D eigenvalue weighted by Crippen LogP contribution is 1.96. The first-order valence-corrected chi connectivity index (χ1v) is 5.85. The average molecular weight is 202 g/mol. The normalized spacial score (nSPS) is 11.1. The van der Waals surface area contributed by atoms with Crippen molar-refractivity contribution in [3.05, 3.63) is 0 Å². The summed E-state index contributed by atoms with van der Waals surface area (Å²) < 4.78 is 0. The Kier molecular flexibility index (Phi) is 11.1. The van der Waals surface area contributed by atoms with Crippen molar-refractivity contribution in [3.8, 4) is 0 Å². The second-order valence-corrected chi connectivity index (χ2v) is 4.15. The highest BCUT2D eigenvalue weighted by molar-refractivity contribution is 4.62. The van der Waals surface area contributed by atoms with Crippen molar-refractivity contribution in [3.63, 3.8) is 0 Å². The Labute approximate surface area is 91.3 Å². The molecule has 0 aliphatic carbocycles. The van der Waals surface area contributed by atoms with Crippen LogP contribution in [0.1, 0.15) is 41.5 Å². The van der Waals surface area contributed by atoms with Crippen LogP contribution in [0, 0.1) is 0 Å². The highest BCUT2D eigenvalue weighted by Gasteiger charge is 2.06. The molecule has 0 spiro atoms. The number of hydrogen-bond acceptors (Lipinski definition) is 2. The number of nitrogens with zero attached hydrogens (tertiary/aromatic N) is 2. The van der Waals surface area contributed by atoms with Crippen LogP contribution in [-0.4, -0.2) is 49.1 Å². The summed E-state index contributed by atoms with van der Waals surface area (Å²) in [6, 6.07) is 1.32. The Morgan fingerprint density at radius 2 is 0.929 bits per heavy atom. The zero-order valence-electron chi connectivity index (χ0n) is 11.5. The van der Waals surface area contributed by atoms with Crippen LogP contribution in [0.2, 0.25) is 0 Å². The fourth-order valence-electron chi connectivity index (χ4n) is 0.832. The molecule has 0 heterocycles. The van der Waals surface area contributed by atoms with Gasteiger partial charge in [-0.05, 0) is 41.8 Å². The lowest BCUT2D eigenvalue weighted by molar-refractivity contribution is 0.202. The molecule has 0 saturated carbocycles. The number of likely N-dealkylation sites (N-methyl/N-ethyl adjacent to an activating group) is 2. The van der Waals surface area contributed by atoms with E-state index in [-0.39, 0.29) is 0 Å². The lowest BCUT2D eigenvalue weighted by Gasteiger charge is -2.26. The van der Waals surface area contributed by atoms with Gasteiger partial charge in [-0.25, -0.2) is 0 Å². The summed E-state index contributed by atoms with van der Waals surface area (Å²) in [5.41, 5.74) is 0. The molecule has 14 heavy (non-hydrogen) atoms. The first-order valence-electron chi connectivity index (χ1n) is 5.85. The fraction of sp³-hybridized carbons (Fsp3) is 1.00. The van der Waals surface area contributed by atoms with E-state index in [0.29, 0.717) is 12.1 Å². The minimum atomic E-state index is 0.658. The quantitative estimate of drug-likeness (QED) is 0.676. The Morgan fingerprint density at radius 3 is 1.07 bits per heavy atom. The van der Waals surface area contributed by atoms with Crippen molar-refractivity contribution in [1.29, 1.82) is 0 Å². The van der Waals surface area contributed by atoms with Gasteiger partial charge in [0.25, 0.3) is 0 Å².